The van der Waals surface area contributed by atoms with E-state index in [1.807, 2.05) is 12.1 Å². The molecule has 6 N–H and O–H groups in total. The smallest absolute Gasteiger partial charge is 0.123 e. The van der Waals surface area contributed by atoms with Crippen molar-refractivity contribution in [3.05, 3.63) is 40.3 Å². The van der Waals surface area contributed by atoms with E-state index in [2.05, 4.69) is 36.5 Å². The van der Waals surface area contributed by atoms with E-state index in [0.717, 1.165) is 15.7 Å². The molecule has 17 heavy (non-hydrogen) atoms. The molecule has 0 bridgehead atoms. The van der Waals surface area contributed by atoms with E-state index in [9.17, 15) is 0 Å². The summed E-state index contributed by atoms with van der Waals surface area (Å²) in [5, 5.41) is 6.56. The Morgan fingerprint density at radius 1 is 1.41 bits per heavy atom. The number of nitrogens with zero attached hydrogens (tertiary/aromatic N) is 2. The maximum absolute atomic E-state index is 5.75. The molecule has 0 aromatic carbocycles. The molecule has 0 saturated heterocycles. The quantitative estimate of drug-likeness (QED) is 0.495. The first-order chi connectivity index (χ1) is 8.20. The SMILES string of the molecule is NNC(Cc1ccc(Br)cn1)c1cn[nH]c1N. The lowest BCUT2D eigenvalue weighted by Crippen LogP contribution is -2.30. The summed E-state index contributed by atoms with van der Waals surface area (Å²) in [6.45, 7) is 0. The number of hydrogen-bond acceptors (Lipinski definition) is 5. The van der Waals surface area contributed by atoms with Crippen LogP contribution in [0.5, 0.6) is 0 Å². The van der Waals surface area contributed by atoms with E-state index in [1.54, 1.807) is 12.4 Å². The molecule has 1 unspecified atom stereocenters. The Hall–Kier alpha value is -1.44. The van der Waals surface area contributed by atoms with Crippen LogP contribution in [-0.2, 0) is 6.42 Å². The fourth-order valence-corrected chi connectivity index (χ4v) is 1.81. The summed E-state index contributed by atoms with van der Waals surface area (Å²) in [5.74, 6) is 6.04. The van der Waals surface area contributed by atoms with Crippen LogP contribution in [0.15, 0.2) is 29.0 Å². The molecule has 0 saturated carbocycles. The van der Waals surface area contributed by atoms with Gasteiger partial charge < -0.3 is 5.73 Å². The highest BCUT2D eigenvalue weighted by atomic mass is 79.9. The average Bonchev–Trinajstić information content (AvgIpc) is 2.75. The molecule has 2 aromatic heterocycles. The van der Waals surface area contributed by atoms with E-state index < -0.39 is 0 Å². The number of halogens is 1. The number of rotatable bonds is 4. The molecule has 0 aliphatic rings. The first-order valence-corrected chi connectivity index (χ1v) is 5.85. The van der Waals surface area contributed by atoms with Crippen LogP contribution in [0.2, 0.25) is 0 Å². The van der Waals surface area contributed by atoms with Crippen molar-refractivity contribution < 1.29 is 0 Å². The zero-order chi connectivity index (χ0) is 12.3. The number of nitrogens with two attached hydrogens (primary N) is 2. The summed E-state index contributed by atoms with van der Waals surface area (Å²) >= 11 is 3.34. The molecular weight excluding hydrogens is 284 g/mol. The van der Waals surface area contributed by atoms with Gasteiger partial charge in [-0.15, -0.1) is 0 Å². The van der Waals surface area contributed by atoms with Crippen LogP contribution in [0, 0.1) is 0 Å². The second-order valence-corrected chi connectivity index (χ2v) is 4.55. The van der Waals surface area contributed by atoms with Crippen molar-refractivity contribution in [2.75, 3.05) is 5.73 Å². The molecule has 0 amide bonds. The first kappa shape index (κ1) is 12.0. The third-order valence-electron chi connectivity index (χ3n) is 2.48. The number of nitrogen functional groups attached to an aromatic ring is 1. The van der Waals surface area contributed by atoms with Gasteiger partial charge in [0.2, 0.25) is 0 Å². The highest BCUT2D eigenvalue weighted by Crippen LogP contribution is 2.20. The summed E-state index contributed by atoms with van der Waals surface area (Å²) < 4.78 is 0.946. The van der Waals surface area contributed by atoms with Crippen molar-refractivity contribution in [3.63, 3.8) is 0 Å². The van der Waals surface area contributed by atoms with Gasteiger partial charge in [0, 0.05) is 28.3 Å². The Balaban J connectivity index is 2.16. The lowest BCUT2D eigenvalue weighted by molar-refractivity contribution is 0.547. The molecule has 2 rings (SSSR count). The summed E-state index contributed by atoms with van der Waals surface area (Å²) in [5.41, 5.74) is 10.2. The van der Waals surface area contributed by atoms with Gasteiger partial charge in [-0.2, -0.15) is 5.10 Å². The Morgan fingerprint density at radius 2 is 2.24 bits per heavy atom. The first-order valence-electron chi connectivity index (χ1n) is 5.06. The zero-order valence-corrected chi connectivity index (χ0v) is 10.6. The van der Waals surface area contributed by atoms with Crippen molar-refractivity contribution in [1.82, 2.24) is 20.6 Å². The largest absolute Gasteiger partial charge is 0.384 e. The van der Waals surface area contributed by atoms with Gasteiger partial charge >= 0.3 is 0 Å². The molecule has 90 valence electrons. The third kappa shape index (κ3) is 2.82. The van der Waals surface area contributed by atoms with E-state index >= 15 is 0 Å². The van der Waals surface area contributed by atoms with E-state index in [-0.39, 0.29) is 6.04 Å². The lowest BCUT2D eigenvalue weighted by atomic mass is 10.1. The van der Waals surface area contributed by atoms with Gasteiger partial charge in [0.05, 0.1) is 12.2 Å². The van der Waals surface area contributed by atoms with Crippen LogP contribution in [0.25, 0.3) is 0 Å². The number of hydrazine groups is 1. The molecule has 0 aliphatic heterocycles. The van der Waals surface area contributed by atoms with E-state index in [4.69, 9.17) is 11.6 Å². The summed E-state index contributed by atoms with van der Waals surface area (Å²) in [6, 6.07) is 3.77. The minimum atomic E-state index is -0.109. The molecule has 0 fully saturated rings. The fraction of sp³-hybridized carbons (Fsp3) is 0.200. The van der Waals surface area contributed by atoms with Gasteiger partial charge in [0.15, 0.2) is 0 Å². The van der Waals surface area contributed by atoms with Crippen molar-refractivity contribution >= 4 is 21.7 Å². The normalized spacial score (nSPS) is 12.6. The van der Waals surface area contributed by atoms with Gasteiger partial charge in [0.25, 0.3) is 0 Å². The zero-order valence-electron chi connectivity index (χ0n) is 9.02. The minimum absolute atomic E-state index is 0.109. The highest BCUT2D eigenvalue weighted by molar-refractivity contribution is 9.10. The lowest BCUT2D eigenvalue weighted by Gasteiger charge is -2.14. The van der Waals surface area contributed by atoms with Crippen molar-refractivity contribution in [2.45, 2.75) is 12.5 Å². The van der Waals surface area contributed by atoms with E-state index in [1.165, 1.54) is 0 Å². The van der Waals surface area contributed by atoms with Crippen molar-refractivity contribution in [3.8, 4) is 0 Å². The number of anilines is 1. The van der Waals surface area contributed by atoms with Crippen LogP contribution in [0.4, 0.5) is 5.82 Å². The number of hydrogen-bond donors (Lipinski definition) is 4. The Kier molecular flexibility index (Phi) is 3.72. The number of H-pyrrole nitrogens is 1. The van der Waals surface area contributed by atoms with Gasteiger partial charge in [-0.25, -0.2) is 0 Å². The standard InChI is InChI=1S/C10H13BrN6/c11-6-1-2-7(14-4-6)3-9(16-13)8-5-15-17-10(8)12/h1-2,4-5,9,16H,3,13H2,(H3,12,15,17). The maximum Gasteiger partial charge on any atom is 0.123 e. The number of pyridine rings is 1. The molecule has 2 heterocycles. The molecule has 0 aliphatic carbocycles. The number of aromatic amines is 1. The second-order valence-electron chi connectivity index (χ2n) is 3.63. The molecule has 7 heteroatoms. The van der Waals surface area contributed by atoms with Gasteiger partial charge in [-0.05, 0) is 28.1 Å². The Bertz CT molecular complexity index is 480. The summed E-state index contributed by atoms with van der Waals surface area (Å²) in [4.78, 5) is 4.29. The predicted molar refractivity (Wildman–Crippen MR) is 68.7 cm³/mol. The summed E-state index contributed by atoms with van der Waals surface area (Å²) in [7, 11) is 0. The monoisotopic (exact) mass is 296 g/mol. The van der Waals surface area contributed by atoms with Crippen LogP contribution < -0.4 is 17.0 Å². The minimum Gasteiger partial charge on any atom is -0.384 e. The Labute approximate surface area is 107 Å². The number of nitrogens with one attached hydrogen (secondary N) is 2. The predicted octanol–water partition coefficient (Wildman–Crippen LogP) is 0.896. The number of aromatic nitrogens is 3. The average molecular weight is 297 g/mol. The molecule has 2 aromatic rings. The van der Waals surface area contributed by atoms with Crippen molar-refractivity contribution in [2.24, 2.45) is 5.84 Å². The maximum atomic E-state index is 5.75. The molecule has 0 spiro atoms. The topological polar surface area (TPSA) is 106 Å². The second kappa shape index (κ2) is 5.26. The van der Waals surface area contributed by atoms with Gasteiger partial charge in [0.1, 0.15) is 5.82 Å². The molecule has 6 nitrogen and oxygen atoms in total. The van der Waals surface area contributed by atoms with Crippen LogP contribution in [0.3, 0.4) is 0 Å². The van der Waals surface area contributed by atoms with Gasteiger partial charge in [-0.1, -0.05) is 0 Å². The van der Waals surface area contributed by atoms with E-state index in [0.29, 0.717) is 12.2 Å². The fourth-order valence-electron chi connectivity index (χ4n) is 1.58. The molecular formula is C10H13BrN6. The van der Waals surface area contributed by atoms with Crippen LogP contribution >= 0.6 is 15.9 Å². The van der Waals surface area contributed by atoms with Crippen LogP contribution in [-0.4, -0.2) is 15.2 Å². The summed E-state index contributed by atoms with van der Waals surface area (Å²) in [6.07, 6.45) is 4.06. The molecule has 1 atom stereocenters. The van der Waals surface area contributed by atoms with Crippen molar-refractivity contribution in [1.29, 1.82) is 0 Å². The highest BCUT2D eigenvalue weighted by Gasteiger charge is 2.15. The van der Waals surface area contributed by atoms with Crippen LogP contribution in [0.1, 0.15) is 17.3 Å². The third-order valence-corrected chi connectivity index (χ3v) is 2.95. The molecule has 0 radical (unpaired) electrons. The Morgan fingerprint density at radius 3 is 2.76 bits per heavy atom. The van der Waals surface area contributed by atoms with Gasteiger partial charge in [-0.3, -0.25) is 21.4 Å².